The van der Waals surface area contributed by atoms with Gasteiger partial charge in [-0.2, -0.15) is 0 Å². The minimum atomic E-state index is 0.536. The third-order valence-electron chi connectivity index (χ3n) is 8.75. The molecule has 0 unspecified atom stereocenters. The van der Waals surface area contributed by atoms with Crippen LogP contribution in [-0.4, -0.2) is 15.0 Å². The number of furan rings is 2. The Morgan fingerprint density at radius 2 is 0.957 bits per heavy atom. The van der Waals surface area contributed by atoms with E-state index < -0.39 is 0 Å². The lowest BCUT2D eigenvalue weighted by Crippen LogP contribution is -2.00. The summed E-state index contributed by atoms with van der Waals surface area (Å²) in [6.45, 7) is 7.39. The maximum atomic E-state index is 7.39. The molecule has 7 heteroatoms. The molecule has 4 heterocycles. The van der Waals surface area contributed by atoms with Gasteiger partial charge in [0.05, 0.1) is 6.57 Å². The van der Waals surface area contributed by atoms with Crippen LogP contribution in [0.15, 0.2) is 130 Å². The normalized spacial score (nSPS) is 11.8. The molecule has 10 rings (SSSR count). The molecule has 10 aromatic rings. The summed E-state index contributed by atoms with van der Waals surface area (Å²) in [5.41, 5.74) is 6.10. The van der Waals surface area contributed by atoms with Crippen molar-refractivity contribution in [3.63, 3.8) is 0 Å². The highest BCUT2D eigenvalue weighted by Crippen LogP contribution is 2.38. The molecule has 0 N–H and O–H groups in total. The molecule has 218 valence electrons. The van der Waals surface area contributed by atoms with Crippen molar-refractivity contribution in [2.45, 2.75) is 0 Å². The fourth-order valence-corrected chi connectivity index (χ4v) is 7.55. The van der Waals surface area contributed by atoms with Gasteiger partial charge in [0.1, 0.15) is 22.3 Å². The van der Waals surface area contributed by atoms with Crippen LogP contribution in [0.25, 0.3) is 103 Å². The van der Waals surface area contributed by atoms with Gasteiger partial charge in [0.2, 0.25) is 0 Å². The first-order valence-electron chi connectivity index (χ1n) is 15.1. The average molecular weight is 621 g/mol. The highest BCUT2D eigenvalue weighted by Gasteiger charge is 2.17. The van der Waals surface area contributed by atoms with Crippen LogP contribution in [0.1, 0.15) is 0 Å². The number of rotatable bonds is 3. The molecule has 47 heavy (non-hydrogen) atoms. The number of nitrogens with zero attached hydrogens (tertiary/aromatic N) is 4. The minimum Gasteiger partial charge on any atom is -0.457 e. The van der Waals surface area contributed by atoms with E-state index in [9.17, 15) is 0 Å². The van der Waals surface area contributed by atoms with Gasteiger partial charge in [-0.1, -0.05) is 60.7 Å². The first kappa shape index (κ1) is 25.9. The van der Waals surface area contributed by atoms with Crippen molar-refractivity contribution in [1.29, 1.82) is 0 Å². The summed E-state index contributed by atoms with van der Waals surface area (Å²) in [4.78, 5) is 18.6. The number of hydrogen-bond acceptors (Lipinski definition) is 6. The molecule has 0 atom stereocenters. The number of thiophene rings is 1. The van der Waals surface area contributed by atoms with Gasteiger partial charge in [0, 0.05) is 58.4 Å². The molecule has 4 aromatic heterocycles. The first-order valence-corrected chi connectivity index (χ1v) is 15.9. The summed E-state index contributed by atoms with van der Waals surface area (Å²) in [6, 6.07) is 40.6. The van der Waals surface area contributed by atoms with Crippen LogP contribution in [0.2, 0.25) is 0 Å². The summed E-state index contributed by atoms with van der Waals surface area (Å²) in [7, 11) is 0. The van der Waals surface area contributed by atoms with Gasteiger partial charge in [-0.05, 0) is 60.7 Å². The van der Waals surface area contributed by atoms with Gasteiger partial charge in [0.25, 0.3) is 0 Å². The van der Waals surface area contributed by atoms with Gasteiger partial charge in [-0.25, -0.2) is 19.8 Å². The van der Waals surface area contributed by atoms with Gasteiger partial charge in [0.15, 0.2) is 23.2 Å². The van der Waals surface area contributed by atoms with Crippen molar-refractivity contribution in [3.05, 3.63) is 133 Å². The number of benzene rings is 6. The Kier molecular flexibility index (Phi) is 5.41. The largest absolute Gasteiger partial charge is 0.457 e. The fourth-order valence-electron chi connectivity index (χ4n) is 6.47. The van der Waals surface area contributed by atoms with Crippen LogP contribution in [0.4, 0.5) is 5.69 Å². The second kappa shape index (κ2) is 9.82. The average Bonchev–Trinajstić information content (AvgIpc) is 3.81. The predicted octanol–water partition coefficient (Wildman–Crippen LogP) is 11.6. The zero-order chi connectivity index (χ0) is 31.1. The topological polar surface area (TPSA) is 69.3 Å². The molecule has 0 fully saturated rings. The maximum Gasteiger partial charge on any atom is 0.190 e. The predicted molar refractivity (Wildman–Crippen MR) is 190 cm³/mol. The number of para-hydroxylation sites is 1. The number of hydrogen-bond donors (Lipinski definition) is 0. The standard InChI is InChI=1S/C40H20N4O2S/c1-41-25-13-16-29-28-15-11-24(20-34(28)46-35(29)21-25)40-43-38(22-12-17-37-31(18-22)30-7-3-5-9-36(30)47-37)42-39(44-40)23-10-14-27-26-6-2-4-8-32(26)45-33(27)19-23/h2-21H. The van der Waals surface area contributed by atoms with E-state index in [1.807, 2.05) is 60.7 Å². The van der Waals surface area contributed by atoms with Crippen LogP contribution in [0, 0.1) is 6.57 Å². The Labute approximate surface area is 271 Å². The lowest BCUT2D eigenvalue weighted by molar-refractivity contribution is 0.669. The van der Waals surface area contributed by atoms with Gasteiger partial charge < -0.3 is 8.83 Å². The van der Waals surface area contributed by atoms with Crippen LogP contribution in [-0.2, 0) is 0 Å². The lowest BCUT2D eigenvalue weighted by Gasteiger charge is -2.09. The summed E-state index contributed by atoms with van der Waals surface area (Å²) in [5.74, 6) is 1.67. The molecule has 0 spiro atoms. The zero-order valence-corrected chi connectivity index (χ0v) is 25.4. The molecule has 0 amide bonds. The zero-order valence-electron chi connectivity index (χ0n) is 24.6. The second-order valence-electron chi connectivity index (χ2n) is 11.5. The van der Waals surface area contributed by atoms with Crippen molar-refractivity contribution < 1.29 is 8.83 Å². The van der Waals surface area contributed by atoms with Crippen LogP contribution in [0.5, 0.6) is 0 Å². The van der Waals surface area contributed by atoms with E-state index in [1.54, 1.807) is 17.4 Å². The van der Waals surface area contributed by atoms with Gasteiger partial charge in [-0.3, -0.25) is 0 Å². The smallest absolute Gasteiger partial charge is 0.190 e. The molecule has 0 saturated heterocycles. The molecule has 6 aromatic carbocycles. The molecule has 0 aliphatic heterocycles. The van der Waals surface area contributed by atoms with Crippen LogP contribution in [0.3, 0.4) is 0 Å². The number of aromatic nitrogens is 3. The monoisotopic (exact) mass is 620 g/mol. The number of fused-ring (bicyclic) bond motifs is 9. The van der Waals surface area contributed by atoms with E-state index in [-0.39, 0.29) is 0 Å². The third-order valence-corrected chi connectivity index (χ3v) is 9.90. The summed E-state index contributed by atoms with van der Waals surface area (Å²) in [5, 5.41) is 6.45. The van der Waals surface area contributed by atoms with E-state index in [0.717, 1.165) is 49.4 Å². The molecule has 0 bridgehead atoms. The minimum absolute atomic E-state index is 0.536. The quantitative estimate of drug-likeness (QED) is 0.184. The highest BCUT2D eigenvalue weighted by atomic mass is 32.1. The van der Waals surface area contributed by atoms with Crippen molar-refractivity contribution in [2.75, 3.05) is 0 Å². The van der Waals surface area contributed by atoms with Crippen LogP contribution < -0.4 is 0 Å². The maximum absolute atomic E-state index is 7.39. The SMILES string of the molecule is [C-]#[N+]c1ccc2c(c1)oc1cc(-c3nc(-c4ccc5c(c4)oc4ccccc45)nc(-c4ccc5sc6ccccc6c5c4)n3)ccc12. The lowest BCUT2D eigenvalue weighted by atomic mass is 10.1. The van der Waals surface area contributed by atoms with E-state index in [1.165, 1.54) is 20.2 Å². The Bertz CT molecular complexity index is 2940. The summed E-state index contributed by atoms with van der Waals surface area (Å²) in [6.07, 6.45) is 0. The Hall–Kier alpha value is -6.36. The van der Waals surface area contributed by atoms with Crippen molar-refractivity contribution >= 4 is 81.1 Å². The molecule has 0 aliphatic rings. The third kappa shape index (κ3) is 4.06. The Morgan fingerprint density at radius 3 is 1.66 bits per heavy atom. The fraction of sp³-hybridized carbons (Fsp3) is 0. The van der Waals surface area contributed by atoms with Crippen molar-refractivity contribution in [1.82, 2.24) is 15.0 Å². The van der Waals surface area contributed by atoms with E-state index in [2.05, 4.69) is 59.4 Å². The van der Waals surface area contributed by atoms with Crippen LogP contribution >= 0.6 is 11.3 Å². The van der Waals surface area contributed by atoms with E-state index >= 15 is 0 Å². The molecule has 6 nitrogen and oxygen atoms in total. The molecule has 0 radical (unpaired) electrons. The van der Waals surface area contributed by atoms with E-state index in [4.69, 9.17) is 30.4 Å². The second-order valence-corrected chi connectivity index (χ2v) is 12.6. The van der Waals surface area contributed by atoms with Gasteiger partial charge in [-0.15, -0.1) is 11.3 Å². The van der Waals surface area contributed by atoms with Gasteiger partial charge >= 0.3 is 0 Å². The first-order chi connectivity index (χ1) is 23.2. The molecule has 0 aliphatic carbocycles. The van der Waals surface area contributed by atoms with E-state index in [0.29, 0.717) is 34.3 Å². The Balaban J connectivity index is 1.18. The highest BCUT2D eigenvalue weighted by molar-refractivity contribution is 7.25. The Morgan fingerprint density at radius 1 is 0.447 bits per heavy atom. The summed E-state index contributed by atoms with van der Waals surface area (Å²) < 4.78 is 14.9. The summed E-state index contributed by atoms with van der Waals surface area (Å²) >= 11 is 1.78. The molecular formula is C40H20N4O2S. The molecular weight excluding hydrogens is 601 g/mol. The van der Waals surface area contributed by atoms with Crippen molar-refractivity contribution in [3.8, 4) is 34.2 Å². The van der Waals surface area contributed by atoms with Crippen molar-refractivity contribution in [2.24, 2.45) is 0 Å². The molecule has 0 saturated carbocycles.